The van der Waals surface area contributed by atoms with E-state index < -0.39 is 0 Å². The Morgan fingerprint density at radius 2 is 1.95 bits per heavy atom. The van der Waals surface area contributed by atoms with Crippen LogP contribution in [0.25, 0.3) is 0 Å². The minimum Gasteiger partial charge on any atom is -0.355 e. The second kappa shape index (κ2) is 12.0. The highest BCUT2D eigenvalue weighted by molar-refractivity contribution is 14.0. The second-order valence-electron chi connectivity index (χ2n) is 5.17. The molecule has 0 unspecified atom stereocenters. The Morgan fingerprint density at radius 1 is 1.27 bits per heavy atom. The molecule has 0 saturated heterocycles. The van der Waals surface area contributed by atoms with Crippen LogP contribution in [0.15, 0.2) is 29.3 Å². The monoisotopic (exact) mass is 438 g/mol. The molecule has 6 heteroatoms. The Balaban J connectivity index is 0.00000441. The van der Waals surface area contributed by atoms with E-state index in [1.165, 1.54) is 0 Å². The van der Waals surface area contributed by atoms with Crippen molar-refractivity contribution in [3.8, 4) is 0 Å². The van der Waals surface area contributed by atoms with Crippen LogP contribution < -0.4 is 10.6 Å². The summed E-state index contributed by atoms with van der Waals surface area (Å²) in [6.07, 6.45) is 0. The number of likely N-dealkylation sites (N-methyl/N-ethyl adjacent to an activating group) is 1. The van der Waals surface area contributed by atoms with E-state index in [0.717, 1.165) is 36.2 Å². The normalized spacial score (nSPS) is 11.5. The number of hydrogen-bond donors (Lipinski definition) is 2. The van der Waals surface area contributed by atoms with Crippen LogP contribution >= 0.6 is 35.6 Å². The SMILES string of the molecule is CCN(CCNC(=NC)NCc1ccccc1Cl)C(C)C.I. The molecule has 1 aromatic carbocycles. The third-order valence-electron chi connectivity index (χ3n) is 3.46. The van der Waals surface area contributed by atoms with E-state index in [1.54, 1.807) is 7.05 Å². The molecule has 0 atom stereocenters. The van der Waals surface area contributed by atoms with Gasteiger partial charge in [-0.15, -0.1) is 24.0 Å². The van der Waals surface area contributed by atoms with E-state index in [0.29, 0.717) is 12.6 Å². The lowest BCUT2D eigenvalue weighted by Crippen LogP contribution is -2.42. The average Bonchev–Trinajstić information content (AvgIpc) is 2.47. The molecule has 0 aliphatic carbocycles. The van der Waals surface area contributed by atoms with Gasteiger partial charge in [-0.3, -0.25) is 9.89 Å². The van der Waals surface area contributed by atoms with Crippen molar-refractivity contribution in [2.24, 2.45) is 4.99 Å². The molecule has 0 aliphatic rings. The fourth-order valence-corrected chi connectivity index (χ4v) is 2.34. The Hall–Kier alpha value is -0.530. The number of halogens is 2. The van der Waals surface area contributed by atoms with Gasteiger partial charge in [-0.2, -0.15) is 0 Å². The molecule has 0 spiro atoms. The third kappa shape index (κ3) is 7.65. The molecule has 126 valence electrons. The molecule has 0 aromatic heterocycles. The van der Waals surface area contributed by atoms with Gasteiger partial charge in [0.25, 0.3) is 0 Å². The van der Waals surface area contributed by atoms with Crippen molar-refractivity contribution in [2.45, 2.75) is 33.4 Å². The molecule has 0 saturated carbocycles. The minimum absolute atomic E-state index is 0. The molecule has 0 amide bonds. The van der Waals surface area contributed by atoms with Gasteiger partial charge < -0.3 is 10.6 Å². The fraction of sp³-hybridized carbons (Fsp3) is 0.562. The van der Waals surface area contributed by atoms with Crippen LogP contribution in [0.1, 0.15) is 26.3 Å². The molecular formula is C16H28ClIN4. The van der Waals surface area contributed by atoms with Crippen LogP contribution in [0.4, 0.5) is 0 Å². The van der Waals surface area contributed by atoms with Crippen molar-refractivity contribution in [1.82, 2.24) is 15.5 Å². The van der Waals surface area contributed by atoms with E-state index in [4.69, 9.17) is 11.6 Å². The Bertz CT molecular complexity index is 452. The molecule has 4 nitrogen and oxygen atoms in total. The molecule has 22 heavy (non-hydrogen) atoms. The molecule has 0 aliphatic heterocycles. The minimum atomic E-state index is 0. The number of rotatable bonds is 7. The molecule has 0 bridgehead atoms. The zero-order valence-corrected chi connectivity index (χ0v) is 17.0. The van der Waals surface area contributed by atoms with E-state index in [-0.39, 0.29) is 24.0 Å². The van der Waals surface area contributed by atoms with Crippen LogP contribution in [-0.4, -0.2) is 43.6 Å². The summed E-state index contributed by atoms with van der Waals surface area (Å²) in [6.45, 7) is 10.2. The Labute approximate surface area is 156 Å². The standard InChI is InChI=1S/C16H27ClN4.HI/c1-5-21(13(2)3)11-10-19-16(18-4)20-12-14-8-6-7-9-15(14)17;/h6-9,13H,5,10-12H2,1-4H3,(H2,18,19,20);1H. The fourth-order valence-electron chi connectivity index (χ4n) is 2.14. The number of guanidine groups is 1. The highest BCUT2D eigenvalue weighted by Crippen LogP contribution is 2.14. The van der Waals surface area contributed by atoms with E-state index in [1.807, 2.05) is 24.3 Å². The van der Waals surface area contributed by atoms with Gasteiger partial charge in [-0.25, -0.2) is 0 Å². The van der Waals surface area contributed by atoms with Gasteiger partial charge in [0.05, 0.1) is 0 Å². The zero-order valence-electron chi connectivity index (χ0n) is 13.9. The molecule has 2 N–H and O–H groups in total. The summed E-state index contributed by atoms with van der Waals surface area (Å²) in [7, 11) is 1.78. The van der Waals surface area contributed by atoms with Gasteiger partial charge in [0.1, 0.15) is 0 Å². The van der Waals surface area contributed by atoms with Crippen molar-refractivity contribution in [2.75, 3.05) is 26.7 Å². The predicted octanol–water partition coefficient (Wildman–Crippen LogP) is 3.35. The predicted molar refractivity (Wildman–Crippen MR) is 107 cm³/mol. The Morgan fingerprint density at radius 3 is 2.50 bits per heavy atom. The van der Waals surface area contributed by atoms with Gasteiger partial charge in [0.2, 0.25) is 0 Å². The highest BCUT2D eigenvalue weighted by atomic mass is 127. The first-order valence-electron chi connectivity index (χ1n) is 7.50. The van der Waals surface area contributed by atoms with Crippen LogP contribution in [-0.2, 0) is 6.54 Å². The number of nitrogens with zero attached hydrogens (tertiary/aromatic N) is 2. The van der Waals surface area contributed by atoms with E-state index in [2.05, 4.69) is 41.3 Å². The summed E-state index contributed by atoms with van der Waals surface area (Å²) < 4.78 is 0. The first-order chi connectivity index (χ1) is 10.1. The summed E-state index contributed by atoms with van der Waals surface area (Å²) in [5, 5.41) is 7.39. The molecule has 1 rings (SSSR count). The van der Waals surface area contributed by atoms with Gasteiger partial charge in [0, 0.05) is 37.7 Å². The average molecular weight is 439 g/mol. The van der Waals surface area contributed by atoms with Gasteiger partial charge >= 0.3 is 0 Å². The second-order valence-corrected chi connectivity index (χ2v) is 5.57. The zero-order chi connectivity index (χ0) is 15.7. The molecular weight excluding hydrogens is 411 g/mol. The van der Waals surface area contributed by atoms with Crippen molar-refractivity contribution in [3.05, 3.63) is 34.9 Å². The maximum Gasteiger partial charge on any atom is 0.191 e. The smallest absolute Gasteiger partial charge is 0.191 e. The topological polar surface area (TPSA) is 39.7 Å². The summed E-state index contributed by atoms with van der Waals surface area (Å²) in [6, 6.07) is 8.40. The highest BCUT2D eigenvalue weighted by Gasteiger charge is 2.06. The maximum atomic E-state index is 6.14. The maximum absolute atomic E-state index is 6.14. The van der Waals surface area contributed by atoms with Gasteiger partial charge in [0.15, 0.2) is 5.96 Å². The first kappa shape index (κ1) is 21.5. The summed E-state index contributed by atoms with van der Waals surface area (Å²) in [4.78, 5) is 6.64. The molecule has 1 aromatic rings. The van der Waals surface area contributed by atoms with E-state index in [9.17, 15) is 0 Å². The molecule has 0 radical (unpaired) electrons. The van der Waals surface area contributed by atoms with Crippen LogP contribution in [0.2, 0.25) is 5.02 Å². The first-order valence-corrected chi connectivity index (χ1v) is 7.88. The number of benzene rings is 1. The summed E-state index contributed by atoms with van der Waals surface area (Å²) in [5.74, 6) is 0.801. The number of nitrogens with one attached hydrogen (secondary N) is 2. The van der Waals surface area contributed by atoms with Crippen LogP contribution in [0.5, 0.6) is 0 Å². The lowest BCUT2D eigenvalue weighted by atomic mass is 10.2. The summed E-state index contributed by atoms with van der Waals surface area (Å²) >= 11 is 6.14. The van der Waals surface area contributed by atoms with Crippen molar-refractivity contribution < 1.29 is 0 Å². The van der Waals surface area contributed by atoms with Gasteiger partial charge in [-0.1, -0.05) is 36.7 Å². The Kier molecular flexibility index (Phi) is 11.7. The van der Waals surface area contributed by atoms with Crippen molar-refractivity contribution >= 4 is 41.5 Å². The lowest BCUT2D eigenvalue weighted by molar-refractivity contribution is 0.237. The number of hydrogen-bond acceptors (Lipinski definition) is 2. The van der Waals surface area contributed by atoms with Crippen LogP contribution in [0, 0.1) is 0 Å². The van der Waals surface area contributed by atoms with Gasteiger partial charge in [-0.05, 0) is 32.0 Å². The van der Waals surface area contributed by atoms with Crippen LogP contribution in [0.3, 0.4) is 0 Å². The van der Waals surface area contributed by atoms with E-state index >= 15 is 0 Å². The molecule has 0 fully saturated rings. The quantitative estimate of drug-likeness (QED) is 0.390. The molecule has 0 heterocycles. The third-order valence-corrected chi connectivity index (χ3v) is 3.82. The van der Waals surface area contributed by atoms with Crippen molar-refractivity contribution in [3.63, 3.8) is 0 Å². The lowest BCUT2D eigenvalue weighted by Gasteiger charge is -2.25. The number of aliphatic imine (C=N–C) groups is 1. The van der Waals surface area contributed by atoms with Crippen molar-refractivity contribution in [1.29, 1.82) is 0 Å². The largest absolute Gasteiger partial charge is 0.355 e. The summed E-state index contributed by atoms with van der Waals surface area (Å²) in [5.41, 5.74) is 1.07.